The normalized spacial score (nSPS) is 10.2. The first-order chi connectivity index (χ1) is 6.24. The van der Waals surface area contributed by atoms with Crippen molar-refractivity contribution in [2.45, 2.75) is 20.4 Å². The van der Waals surface area contributed by atoms with Crippen LogP contribution in [0, 0.1) is 6.92 Å². The molecule has 4 heteroatoms. The maximum absolute atomic E-state index is 6.14. The molecule has 1 nitrogen and oxygen atoms in total. The number of nitrogens with zero attached hydrogens (tertiary/aromatic N) is 1. The van der Waals surface area contributed by atoms with Crippen molar-refractivity contribution in [2.24, 2.45) is 0 Å². The topological polar surface area (TPSA) is 3.88 Å². The minimum atomic E-state index is 0. The average Bonchev–Trinajstić information content (AvgIpc) is 2.42. The summed E-state index contributed by atoms with van der Waals surface area (Å²) in [5, 5.41) is 2.16. The first kappa shape index (κ1) is 12.2. The fourth-order valence-electron chi connectivity index (χ4n) is 1.59. The van der Waals surface area contributed by atoms with Crippen molar-refractivity contribution in [3.8, 4) is 0 Å². The van der Waals surface area contributed by atoms with Gasteiger partial charge in [0.05, 0.1) is 0 Å². The molecule has 0 unspecified atom stereocenters. The summed E-state index contributed by atoms with van der Waals surface area (Å²) in [6, 6.07) is 6.06. The third-order valence-corrected chi connectivity index (χ3v) is 3.54. The Hall–Kier alpha value is 0.130. The molecular formula is C10H11ClINS. The number of benzene rings is 1. The monoisotopic (exact) mass is 339 g/mol. The molecule has 0 radical (unpaired) electrons. The quantitative estimate of drug-likeness (QED) is 0.515. The van der Waals surface area contributed by atoms with Crippen LogP contribution in [0.25, 0.3) is 10.2 Å². The summed E-state index contributed by atoms with van der Waals surface area (Å²) in [6.07, 6.45) is 0. The average molecular weight is 340 g/mol. The second-order valence-corrected chi connectivity index (χ2v) is 4.59. The zero-order chi connectivity index (χ0) is 9.42. The molecule has 0 aliphatic heterocycles. The van der Waals surface area contributed by atoms with Crippen LogP contribution in [-0.4, -0.2) is 0 Å². The van der Waals surface area contributed by atoms with Crippen LogP contribution >= 0.6 is 22.9 Å². The number of fused-ring (bicyclic) bond motifs is 1. The Balaban J connectivity index is 0.000000980. The number of aryl methyl sites for hydroxylation is 2. The summed E-state index contributed by atoms with van der Waals surface area (Å²) in [5.41, 5.74) is 1.18. The summed E-state index contributed by atoms with van der Waals surface area (Å²) < 4.78 is 3.52. The smallest absolute Gasteiger partial charge is 0.242 e. The van der Waals surface area contributed by atoms with Crippen molar-refractivity contribution in [1.29, 1.82) is 0 Å². The van der Waals surface area contributed by atoms with Crippen molar-refractivity contribution in [3.63, 3.8) is 0 Å². The van der Waals surface area contributed by atoms with Gasteiger partial charge in [0.15, 0.2) is 0 Å². The minimum absolute atomic E-state index is 0. The predicted octanol–water partition coefficient (Wildman–Crippen LogP) is 0.175. The molecular weight excluding hydrogens is 329 g/mol. The first-order valence-corrected chi connectivity index (χ1v) is 5.51. The van der Waals surface area contributed by atoms with Gasteiger partial charge in [0.2, 0.25) is 10.5 Å². The standard InChI is InChI=1S/C10H11ClNS.HI/c1-3-12-7(2)13-9-6-4-5-8(11)10(9)12;/h4-6H,3H2,1-2H3;1H/q+1;/p-1. The Kier molecular flexibility index (Phi) is 4.15. The number of hydrogen-bond donors (Lipinski definition) is 0. The molecule has 0 spiro atoms. The maximum atomic E-state index is 6.14. The van der Waals surface area contributed by atoms with E-state index in [1.54, 1.807) is 11.3 Å². The lowest BCUT2D eigenvalue weighted by atomic mass is 10.3. The van der Waals surface area contributed by atoms with E-state index in [-0.39, 0.29) is 24.0 Å². The van der Waals surface area contributed by atoms with Crippen LogP contribution in [0.5, 0.6) is 0 Å². The van der Waals surface area contributed by atoms with Gasteiger partial charge in [-0.3, -0.25) is 0 Å². The van der Waals surface area contributed by atoms with Gasteiger partial charge in [0.1, 0.15) is 16.3 Å². The highest BCUT2D eigenvalue weighted by atomic mass is 127. The summed E-state index contributed by atoms with van der Waals surface area (Å²) in [4.78, 5) is 0. The molecule has 0 saturated heterocycles. The number of aromatic nitrogens is 1. The molecule has 1 aromatic carbocycles. The highest BCUT2D eigenvalue weighted by molar-refractivity contribution is 7.18. The summed E-state index contributed by atoms with van der Waals surface area (Å²) in [5.74, 6) is 0. The van der Waals surface area contributed by atoms with Gasteiger partial charge in [-0.1, -0.05) is 29.0 Å². The highest BCUT2D eigenvalue weighted by Gasteiger charge is 2.17. The Morgan fingerprint density at radius 3 is 2.79 bits per heavy atom. The molecule has 0 aliphatic rings. The summed E-state index contributed by atoms with van der Waals surface area (Å²) in [7, 11) is 0. The van der Waals surface area contributed by atoms with Crippen LogP contribution in [0.1, 0.15) is 11.9 Å². The summed E-state index contributed by atoms with van der Waals surface area (Å²) >= 11 is 7.94. The number of thiazole rings is 1. The molecule has 0 bridgehead atoms. The second-order valence-electron chi connectivity index (χ2n) is 2.95. The van der Waals surface area contributed by atoms with Crippen molar-refractivity contribution < 1.29 is 28.5 Å². The third-order valence-electron chi connectivity index (χ3n) is 2.17. The number of rotatable bonds is 1. The molecule has 1 heterocycles. The van der Waals surface area contributed by atoms with Gasteiger partial charge in [-0.2, -0.15) is 4.57 Å². The Labute approximate surface area is 110 Å². The van der Waals surface area contributed by atoms with E-state index in [1.807, 2.05) is 12.1 Å². The van der Waals surface area contributed by atoms with E-state index in [1.165, 1.54) is 15.2 Å². The molecule has 76 valence electrons. The lowest BCUT2D eigenvalue weighted by molar-refractivity contribution is -0.669. The zero-order valence-electron chi connectivity index (χ0n) is 8.05. The van der Waals surface area contributed by atoms with Gasteiger partial charge >= 0.3 is 0 Å². The Morgan fingerprint density at radius 2 is 2.14 bits per heavy atom. The van der Waals surface area contributed by atoms with E-state index < -0.39 is 0 Å². The number of halogens is 2. The molecule has 0 atom stereocenters. The van der Waals surface area contributed by atoms with Crippen molar-refractivity contribution in [1.82, 2.24) is 0 Å². The van der Waals surface area contributed by atoms with Crippen LogP contribution in [0.2, 0.25) is 5.02 Å². The lowest BCUT2D eigenvalue weighted by Gasteiger charge is -1.92. The first-order valence-electron chi connectivity index (χ1n) is 4.31. The molecule has 0 N–H and O–H groups in total. The van der Waals surface area contributed by atoms with E-state index in [0.29, 0.717) is 0 Å². The summed E-state index contributed by atoms with van der Waals surface area (Å²) in [6.45, 7) is 5.25. The van der Waals surface area contributed by atoms with Gasteiger partial charge in [0, 0.05) is 6.92 Å². The fourth-order valence-corrected chi connectivity index (χ4v) is 3.04. The van der Waals surface area contributed by atoms with E-state index in [2.05, 4.69) is 24.5 Å². The van der Waals surface area contributed by atoms with Crippen molar-refractivity contribution in [2.75, 3.05) is 0 Å². The van der Waals surface area contributed by atoms with E-state index in [9.17, 15) is 0 Å². The minimum Gasteiger partial charge on any atom is -1.00 e. The fraction of sp³-hybridized carbons (Fsp3) is 0.300. The molecule has 1 aromatic heterocycles. The predicted molar refractivity (Wildman–Crippen MR) is 57.4 cm³/mol. The van der Waals surface area contributed by atoms with Gasteiger partial charge in [-0.25, -0.2) is 0 Å². The maximum Gasteiger partial charge on any atom is 0.242 e. The van der Waals surface area contributed by atoms with Gasteiger partial charge < -0.3 is 24.0 Å². The molecule has 14 heavy (non-hydrogen) atoms. The second kappa shape index (κ2) is 4.77. The number of hydrogen-bond acceptors (Lipinski definition) is 1. The van der Waals surface area contributed by atoms with Crippen LogP contribution in [0.4, 0.5) is 0 Å². The van der Waals surface area contributed by atoms with E-state index in [4.69, 9.17) is 11.6 Å². The number of para-hydroxylation sites is 1. The van der Waals surface area contributed by atoms with Crippen LogP contribution in [0.15, 0.2) is 18.2 Å². The molecule has 0 saturated carbocycles. The van der Waals surface area contributed by atoms with Crippen molar-refractivity contribution >= 4 is 33.2 Å². The van der Waals surface area contributed by atoms with E-state index >= 15 is 0 Å². The lowest BCUT2D eigenvalue weighted by Crippen LogP contribution is -3.00. The van der Waals surface area contributed by atoms with Gasteiger partial charge in [-0.15, -0.1) is 0 Å². The zero-order valence-corrected chi connectivity index (χ0v) is 11.8. The Bertz CT molecular complexity index is 453. The van der Waals surface area contributed by atoms with Crippen LogP contribution in [-0.2, 0) is 6.54 Å². The molecule has 0 amide bonds. The third kappa shape index (κ3) is 1.90. The Morgan fingerprint density at radius 1 is 1.43 bits per heavy atom. The SMILES string of the molecule is CC[n+]1c(C)sc2cccc(Cl)c21.[I-]. The van der Waals surface area contributed by atoms with Gasteiger partial charge in [0.25, 0.3) is 0 Å². The molecule has 0 aliphatic carbocycles. The molecule has 0 fully saturated rings. The largest absolute Gasteiger partial charge is 1.00 e. The molecule has 2 rings (SSSR count). The molecule has 2 aromatic rings. The van der Waals surface area contributed by atoms with Crippen molar-refractivity contribution in [3.05, 3.63) is 28.2 Å². The van der Waals surface area contributed by atoms with Gasteiger partial charge in [-0.05, 0) is 19.1 Å². The highest BCUT2D eigenvalue weighted by Crippen LogP contribution is 2.25. The van der Waals surface area contributed by atoms with Crippen LogP contribution in [0.3, 0.4) is 0 Å². The van der Waals surface area contributed by atoms with E-state index in [0.717, 1.165) is 11.6 Å². The van der Waals surface area contributed by atoms with Crippen LogP contribution < -0.4 is 28.5 Å².